The minimum atomic E-state index is 0.640. The van der Waals surface area contributed by atoms with E-state index in [9.17, 15) is 0 Å². The lowest BCUT2D eigenvalue weighted by molar-refractivity contribution is 0.183. The molecule has 0 radical (unpaired) electrons. The van der Waals surface area contributed by atoms with Gasteiger partial charge in [0.05, 0.1) is 0 Å². The molecule has 2 atom stereocenters. The van der Waals surface area contributed by atoms with Crippen LogP contribution in [0.5, 0.6) is 0 Å². The summed E-state index contributed by atoms with van der Waals surface area (Å²) in [5.74, 6) is 0. The summed E-state index contributed by atoms with van der Waals surface area (Å²) in [7, 11) is 0. The van der Waals surface area contributed by atoms with Crippen LogP contribution in [0.15, 0.2) is 30.3 Å². The first kappa shape index (κ1) is 13.1. The fraction of sp³-hybridized carbons (Fsp3) is 0.625. The molecule has 1 aromatic rings. The van der Waals surface area contributed by atoms with Crippen molar-refractivity contribution >= 4 is 0 Å². The normalized spacial score (nSPS) is 29.1. The summed E-state index contributed by atoms with van der Waals surface area (Å²) in [5, 5.41) is 0. The van der Waals surface area contributed by atoms with Gasteiger partial charge >= 0.3 is 0 Å². The molecular formula is C16H25N3. The third-order valence-electron chi connectivity index (χ3n) is 4.65. The van der Waals surface area contributed by atoms with Gasteiger partial charge < -0.3 is 5.73 Å². The van der Waals surface area contributed by atoms with Crippen LogP contribution in [0.4, 0.5) is 0 Å². The number of hydrogen-bond donors (Lipinski definition) is 1. The summed E-state index contributed by atoms with van der Waals surface area (Å²) in [6.07, 6.45) is 3.90. The smallest absolute Gasteiger partial charge is 0.0234 e. The Balaban J connectivity index is 1.63. The largest absolute Gasteiger partial charge is 0.329 e. The Hall–Kier alpha value is -0.900. The summed E-state index contributed by atoms with van der Waals surface area (Å²) < 4.78 is 0. The van der Waals surface area contributed by atoms with Crippen LogP contribution in [0.3, 0.4) is 0 Å². The van der Waals surface area contributed by atoms with E-state index in [4.69, 9.17) is 5.73 Å². The summed E-state index contributed by atoms with van der Waals surface area (Å²) in [5.41, 5.74) is 7.33. The third-order valence-corrected chi connectivity index (χ3v) is 4.65. The molecule has 0 spiro atoms. The molecule has 2 unspecified atom stereocenters. The maximum absolute atomic E-state index is 5.89. The second-order valence-corrected chi connectivity index (χ2v) is 5.93. The summed E-state index contributed by atoms with van der Waals surface area (Å²) >= 11 is 0. The molecule has 19 heavy (non-hydrogen) atoms. The van der Waals surface area contributed by atoms with Crippen molar-refractivity contribution in [2.75, 3.05) is 26.2 Å². The van der Waals surface area contributed by atoms with E-state index in [1.54, 1.807) is 0 Å². The highest BCUT2D eigenvalue weighted by molar-refractivity contribution is 5.14. The van der Waals surface area contributed by atoms with Crippen LogP contribution in [0.25, 0.3) is 0 Å². The van der Waals surface area contributed by atoms with E-state index >= 15 is 0 Å². The molecule has 2 N–H and O–H groups in total. The minimum absolute atomic E-state index is 0.640. The molecule has 3 heteroatoms. The average Bonchev–Trinajstić information content (AvgIpc) is 2.71. The topological polar surface area (TPSA) is 32.5 Å². The molecule has 3 nitrogen and oxygen atoms in total. The van der Waals surface area contributed by atoms with E-state index < -0.39 is 0 Å². The molecule has 104 valence electrons. The Morgan fingerprint density at radius 2 is 1.95 bits per heavy atom. The van der Waals surface area contributed by atoms with Gasteiger partial charge in [-0.05, 0) is 31.4 Å². The van der Waals surface area contributed by atoms with Crippen LogP contribution in [-0.2, 0) is 6.54 Å². The SMILES string of the molecule is NCC1CCC2CN(Cc3ccccc3)CCCN12. The van der Waals surface area contributed by atoms with Crippen molar-refractivity contribution in [3.63, 3.8) is 0 Å². The van der Waals surface area contributed by atoms with E-state index in [-0.39, 0.29) is 0 Å². The van der Waals surface area contributed by atoms with Crippen molar-refractivity contribution in [2.24, 2.45) is 5.73 Å². The standard InChI is InChI=1S/C16H25N3/c17-11-15-7-8-16-13-18(9-4-10-19(15)16)12-14-5-2-1-3-6-14/h1-3,5-6,15-16H,4,7-13,17H2. The third kappa shape index (κ3) is 2.99. The minimum Gasteiger partial charge on any atom is -0.329 e. The zero-order chi connectivity index (χ0) is 13.1. The second-order valence-electron chi connectivity index (χ2n) is 5.93. The summed E-state index contributed by atoms with van der Waals surface area (Å²) in [6.45, 7) is 5.59. The lowest BCUT2D eigenvalue weighted by atomic mass is 10.1. The lowest BCUT2D eigenvalue weighted by Crippen LogP contribution is -2.42. The molecule has 1 aromatic carbocycles. The fourth-order valence-corrected chi connectivity index (χ4v) is 3.68. The molecule has 0 amide bonds. The quantitative estimate of drug-likeness (QED) is 0.896. The van der Waals surface area contributed by atoms with Gasteiger partial charge in [0, 0.05) is 38.3 Å². The molecule has 2 aliphatic rings. The number of fused-ring (bicyclic) bond motifs is 1. The molecule has 2 saturated heterocycles. The van der Waals surface area contributed by atoms with Gasteiger partial charge in [-0.25, -0.2) is 0 Å². The van der Waals surface area contributed by atoms with Crippen molar-refractivity contribution < 1.29 is 0 Å². The van der Waals surface area contributed by atoms with Crippen LogP contribution < -0.4 is 5.73 Å². The van der Waals surface area contributed by atoms with Gasteiger partial charge in [-0.2, -0.15) is 0 Å². The van der Waals surface area contributed by atoms with Gasteiger partial charge in [0.25, 0.3) is 0 Å². The number of benzene rings is 1. The van der Waals surface area contributed by atoms with Gasteiger partial charge in [0.1, 0.15) is 0 Å². The van der Waals surface area contributed by atoms with Crippen LogP contribution in [0.2, 0.25) is 0 Å². The molecule has 0 saturated carbocycles. The van der Waals surface area contributed by atoms with Crippen LogP contribution in [-0.4, -0.2) is 48.1 Å². The highest BCUT2D eigenvalue weighted by Gasteiger charge is 2.34. The summed E-state index contributed by atoms with van der Waals surface area (Å²) in [6, 6.07) is 12.2. The highest BCUT2D eigenvalue weighted by atomic mass is 15.3. The Labute approximate surface area is 116 Å². The maximum atomic E-state index is 5.89. The van der Waals surface area contributed by atoms with Crippen molar-refractivity contribution in [1.29, 1.82) is 0 Å². The Morgan fingerprint density at radius 1 is 1.11 bits per heavy atom. The Kier molecular flexibility index (Phi) is 4.16. The van der Waals surface area contributed by atoms with Crippen molar-refractivity contribution in [2.45, 2.75) is 37.9 Å². The van der Waals surface area contributed by atoms with Crippen molar-refractivity contribution in [3.05, 3.63) is 35.9 Å². The lowest BCUT2D eigenvalue weighted by Gasteiger charge is -2.28. The van der Waals surface area contributed by atoms with E-state index in [1.807, 2.05) is 0 Å². The van der Waals surface area contributed by atoms with Gasteiger partial charge in [0.15, 0.2) is 0 Å². The molecule has 3 rings (SSSR count). The van der Waals surface area contributed by atoms with Crippen LogP contribution in [0.1, 0.15) is 24.8 Å². The predicted molar refractivity (Wildman–Crippen MR) is 78.9 cm³/mol. The number of rotatable bonds is 3. The molecule has 0 aliphatic carbocycles. The van der Waals surface area contributed by atoms with E-state index in [1.165, 1.54) is 44.5 Å². The van der Waals surface area contributed by atoms with E-state index in [2.05, 4.69) is 40.1 Å². The van der Waals surface area contributed by atoms with Gasteiger partial charge in [-0.15, -0.1) is 0 Å². The molecular weight excluding hydrogens is 234 g/mol. The van der Waals surface area contributed by atoms with Gasteiger partial charge in [-0.1, -0.05) is 30.3 Å². The first-order valence-electron chi connectivity index (χ1n) is 7.59. The monoisotopic (exact) mass is 259 g/mol. The van der Waals surface area contributed by atoms with Gasteiger partial charge in [0.2, 0.25) is 0 Å². The molecule has 2 fully saturated rings. The van der Waals surface area contributed by atoms with E-state index in [0.29, 0.717) is 6.04 Å². The summed E-state index contributed by atoms with van der Waals surface area (Å²) in [4.78, 5) is 5.30. The van der Waals surface area contributed by atoms with E-state index in [0.717, 1.165) is 19.1 Å². The number of nitrogens with zero attached hydrogens (tertiary/aromatic N) is 2. The molecule has 2 heterocycles. The van der Waals surface area contributed by atoms with Crippen molar-refractivity contribution in [1.82, 2.24) is 9.80 Å². The van der Waals surface area contributed by atoms with Crippen molar-refractivity contribution in [3.8, 4) is 0 Å². The zero-order valence-corrected chi connectivity index (χ0v) is 11.7. The van der Waals surface area contributed by atoms with Crippen LogP contribution in [0, 0.1) is 0 Å². The average molecular weight is 259 g/mol. The van der Waals surface area contributed by atoms with Gasteiger partial charge in [-0.3, -0.25) is 9.80 Å². The Bertz CT molecular complexity index is 392. The molecule has 0 aromatic heterocycles. The fourth-order valence-electron chi connectivity index (χ4n) is 3.68. The molecule has 0 bridgehead atoms. The zero-order valence-electron chi connectivity index (χ0n) is 11.7. The molecule has 2 aliphatic heterocycles. The Morgan fingerprint density at radius 3 is 2.74 bits per heavy atom. The first-order valence-corrected chi connectivity index (χ1v) is 7.59. The van der Waals surface area contributed by atoms with Crippen LogP contribution >= 0.6 is 0 Å². The first-order chi connectivity index (χ1) is 9.36. The maximum Gasteiger partial charge on any atom is 0.0234 e. The number of nitrogens with two attached hydrogens (primary N) is 1. The second kappa shape index (κ2) is 6.04. The predicted octanol–water partition coefficient (Wildman–Crippen LogP) is 1.68. The number of hydrogen-bond acceptors (Lipinski definition) is 3. The highest BCUT2D eigenvalue weighted by Crippen LogP contribution is 2.27.